The van der Waals surface area contributed by atoms with Crippen LogP contribution in [-0.2, 0) is 16.0 Å². The third-order valence-corrected chi connectivity index (χ3v) is 3.91. The monoisotopic (exact) mass is 336 g/mol. The number of rotatable bonds is 10. The van der Waals surface area contributed by atoms with E-state index < -0.39 is 5.97 Å². The van der Waals surface area contributed by atoms with E-state index in [0.717, 1.165) is 5.56 Å². The smallest absolute Gasteiger partial charge is 0.317 e. The highest BCUT2D eigenvalue weighted by atomic mass is 16.5. The first-order valence-corrected chi connectivity index (χ1v) is 8.30. The molecule has 0 spiro atoms. The van der Waals surface area contributed by atoms with Crippen molar-refractivity contribution in [2.24, 2.45) is 0 Å². The van der Waals surface area contributed by atoms with Crippen molar-refractivity contribution >= 4 is 12.0 Å². The van der Waals surface area contributed by atoms with Crippen molar-refractivity contribution in [2.45, 2.75) is 45.3 Å². The molecule has 134 valence electrons. The average Bonchev–Trinajstić information content (AvgIpc) is 2.57. The van der Waals surface area contributed by atoms with Gasteiger partial charge in [-0.05, 0) is 32.3 Å². The molecule has 0 bridgehead atoms. The van der Waals surface area contributed by atoms with E-state index in [2.05, 4.69) is 5.32 Å². The maximum Gasteiger partial charge on any atom is 0.317 e. The number of likely N-dealkylation sites (N-methyl/N-ethyl adjacent to an activating group) is 1. The molecule has 0 aromatic heterocycles. The zero-order valence-corrected chi connectivity index (χ0v) is 14.7. The third kappa shape index (κ3) is 7.46. The van der Waals surface area contributed by atoms with Gasteiger partial charge in [-0.25, -0.2) is 4.79 Å². The van der Waals surface area contributed by atoms with Crippen molar-refractivity contribution in [3.8, 4) is 0 Å². The summed E-state index contributed by atoms with van der Waals surface area (Å²) in [5, 5.41) is 11.9. The van der Waals surface area contributed by atoms with E-state index in [1.807, 2.05) is 44.2 Å². The molecule has 0 radical (unpaired) electrons. The molecule has 2 unspecified atom stereocenters. The second-order valence-electron chi connectivity index (χ2n) is 5.85. The van der Waals surface area contributed by atoms with E-state index in [1.54, 1.807) is 12.0 Å². The fourth-order valence-corrected chi connectivity index (χ4v) is 2.43. The molecule has 1 aromatic carbocycles. The summed E-state index contributed by atoms with van der Waals surface area (Å²) in [6.07, 6.45) is 0.977. The number of aliphatic carboxylic acids is 1. The number of carboxylic acid groups (broad SMARTS) is 1. The van der Waals surface area contributed by atoms with E-state index in [-0.39, 0.29) is 24.6 Å². The van der Waals surface area contributed by atoms with Gasteiger partial charge in [-0.15, -0.1) is 0 Å². The van der Waals surface area contributed by atoms with E-state index in [0.29, 0.717) is 25.9 Å². The van der Waals surface area contributed by atoms with Gasteiger partial charge in [-0.2, -0.15) is 0 Å². The molecule has 0 aliphatic heterocycles. The summed E-state index contributed by atoms with van der Waals surface area (Å²) >= 11 is 0. The number of methoxy groups -OCH3 is 1. The molecule has 2 N–H and O–H groups in total. The molecule has 2 atom stereocenters. The Morgan fingerprint density at radius 2 is 1.96 bits per heavy atom. The summed E-state index contributed by atoms with van der Waals surface area (Å²) in [7, 11) is 1.61. The molecule has 24 heavy (non-hydrogen) atoms. The van der Waals surface area contributed by atoms with Crippen LogP contribution in [0.15, 0.2) is 30.3 Å². The molecule has 6 heteroatoms. The summed E-state index contributed by atoms with van der Waals surface area (Å²) in [5.74, 6) is -0.859. The van der Waals surface area contributed by atoms with Gasteiger partial charge in [0.05, 0.1) is 6.10 Å². The molecule has 1 aromatic rings. The van der Waals surface area contributed by atoms with Crippen molar-refractivity contribution in [1.82, 2.24) is 10.2 Å². The second-order valence-corrected chi connectivity index (χ2v) is 5.85. The Balaban J connectivity index is 2.70. The van der Waals surface area contributed by atoms with Gasteiger partial charge in [0.1, 0.15) is 0 Å². The van der Waals surface area contributed by atoms with E-state index in [4.69, 9.17) is 9.84 Å². The zero-order chi connectivity index (χ0) is 17.9. The largest absolute Gasteiger partial charge is 0.481 e. The lowest BCUT2D eigenvalue weighted by molar-refractivity contribution is -0.137. The second kappa shape index (κ2) is 10.6. The highest BCUT2D eigenvalue weighted by Crippen LogP contribution is 2.09. The first-order chi connectivity index (χ1) is 11.5. The molecule has 1 rings (SSSR count). The minimum atomic E-state index is -0.859. The van der Waals surface area contributed by atoms with Crippen LogP contribution in [0.25, 0.3) is 0 Å². The summed E-state index contributed by atoms with van der Waals surface area (Å²) in [5.41, 5.74) is 1.07. The predicted octanol–water partition coefficient (Wildman–Crippen LogP) is 2.53. The molecule has 2 amide bonds. The summed E-state index contributed by atoms with van der Waals surface area (Å²) in [6, 6.07) is 9.35. The number of ether oxygens (including phenoxy) is 1. The van der Waals surface area contributed by atoms with Crippen LogP contribution in [0.3, 0.4) is 0 Å². The van der Waals surface area contributed by atoms with Gasteiger partial charge in [-0.1, -0.05) is 30.3 Å². The number of nitrogens with one attached hydrogen (secondary N) is 1. The molecule has 0 fully saturated rings. The van der Waals surface area contributed by atoms with Crippen molar-refractivity contribution in [2.75, 3.05) is 20.2 Å². The number of hydrogen-bond donors (Lipinski definition) is 2. The molecule has 0 heterocycles. The van der Waals surface area contributed by atoms with Gasteiger partial charge in [0, 0.05) is 32.7 Å². The Morgan fingerprint density at radius 3 is 2.50 bits per heavy atom. The van der Waals surface area contributed by atoms with E-state index >= 15 is 0 Å². The number of carbonyl (C=O) groups is 2. The summed E-state index contributed by atoms with van der Waals surface area (Å²) < 4.78 is 5.21. The number of amides is 2. The van der Waals surface area contributed by atoms with Crippen LogP contribution in [0.4, 0.5) is 4.79 Å². The fraction of sp³-hybridized carbons (Fsp3) is 0.556. The molecule has 0 saturated carbocycles. The highest BCUT2D eigenvalue weighted by molar-refractivity contribution is 5.74. The topological polar surface area (TPSA) is 78.9 Å². The van der Waals surface area contributed by atoms with Crippen LogP contribution in [0.5, 0.6) is 0 Å². The fourth-order valence-electron chi connectivity index (χ4n) is 2.43. The summed E-state index contributed by atoms with van der Waals surface area (Å²) in [6.45, 7) is 4.87. The highest BCUT2D eigenvalue weighted by Gasteiger charge is 2.19. The Bertz CT molecular complexity index is 507. The predicted molar refractivity (Wildman–Crippen MR) is 93.1 cm³/mol. The summed E-state index contributed by atoms with van der Waals surface area (Å²) in [4.78, 5) is 25.0. The lowest BCUT2D eigenvalue weighted by Gasteiger charge is -2.27. The van der Waals surface area contributed by atoms with Crippen LogP contribution in [0.1, 0.15) is 32.3 Å². The zero-order valence-electron chi connectivity index (χ0n) is 14.7. The minimum absolute atomic E-state index is 0.0262. The van der Waals surface area contributed by atoms with Crippen molar-refractivity contribution in [1.29, 1.82) is 0 Å². The standard InChI is InChI=1S/C18H28N2O4/c1-4-20(13-14(2)24-3)18(23)19-16(10-11-17(21)22)12-15-8-6-5-7-9-15/h5-9,14,16H,4,10-13H2,1-3H3,(H,19,23)(H,21,22). The van der Waals surface area contributed by atoms with Crippen molar-refractivity contribution in [3.05, 3.63) is 35.9 Å². The number of urea groups is 1. The lowest BCUT2D eigenvalue weighted by atomic mass is 10.0. The number of carboxylic acids is 1. The quantitative estimate of drug-likeness (QED) is 0.688. The van der Waals surface area contributed by atoms with Crippen molar-refractivity contribution < 1.29 is 19.4 Å². The number of nitrogens with zero attached hydrogens (tertiary/aromatic N) is 1. The Labute approximate surface area is 143 Å². The van der Waals surface area contributed by atoms with E-state index in [9.17, 15) is 9.59 Å². The number of benzene rings is 1. The van der Waals surface area contributed by atoms with Crippen LogP contribution in [0.2, 0.25) is 0 Å². The van der Waals surface area contributed by atoms with Crippen LogP contribution >= 0.6 is 0 Å². The first kappa shape index (κ1) is 20.0. The molecular weight excluding hydrogens is 308 g/mol. The molecule has 0 saturated heterocycles. The van der Waals surface area contributed by atoms with Gasteiger partial charge >= 0.3 is 12.0 Å². The van der Waals surface area contributed by atoms with Gasteiger partial charge in [0.15, 0.2) is 0 Å². The Kier molecular flexibility index (Phi) is 8.86. The Hall–Kier alpha value is -2.08. The van der Waals surface area contributed by atoms with Crippen molar-refractivity contribution in [3.63, 3.8) is 0 Å². The normalized spacial score (nSPS) is 13.1. The maximum absolute atomic E-state index is 12.5. The molecule has 0 aliphatic rings. The van der Waals surface area contributed by atoms with Crippen LogP contribution in [-0.4, -0.2) is 54.4 Å². The molecular formula is C18H28N2O4. The van der Waals surface area contributed by atoms with Gasteiger partial charge in [0.25, 0.3) is 0 Å². The average molecular weight is 336 g/mol. The van der Waals surface area contributed by atoms with E-state index in [1.165, 1.54) is 0 Å². The maximum atomic E-state index is 12.5. The Morgan fingerprint density at radius 1 is 1.29 bits per heavy atom. The number of hydrogen-bond acceptors (Lipinski definition) is 3. The third-order valence-electron chi connectivity index (χ3n) is 3.91. The SMILES string of the molecule is CCN(CC(C)OC)C(=O)NC(CCC(=O)O)Cc1ccccc1. The molecule has 6 nitrogen and oxygen atoms in total. The number of carbonyl (C=O) groups excluding carboxylic acids is 1. The lowest BCUT2D eigenvalue weighted by Crippen LogP contribution is -2.48. The van der Waals surface area contributed by atoms with Crippen LogP contribution < -0.4 is 5.32 Å². The minimum Gasteiger partial charge on any atom is -0.481 e. The first-order valence-electron chi connectivity index (χ1n) is 8.30. The van der Waals surface area contributed by atoms with Gasteiger partial charge in [0.2, 0.25) is 0 Å². The molecule has 0 aliphatic carbocycles. The van der Waals surface area contributed by atoms with Crippen LogP contribution in [0, 0.1) is 0 Å². The van der Waals surface area contributed by atoms with Gasteiger partial charge in [-0.3, -0.25) is 4.79 Å². The van der Waals surface area contributed by atoms with Gasteiger partial charge < -0.3 is 20.1 Å².